The lowest BCUT2D eigenvalue weighted by Crippen LogP contribution is -2.10. The first-order valence-electron chi connectivity index (χ1n) is 6.14. The molecule has 7 heteroatoms. The molecule has 0 bridgehead atoms. The predicted octanol–water partition coefficient (Wildman–Crippen LogP) is 1.91. The van der Waals surface area contributed by atoms with Crippen LogP contribution in [0.15, 0.2) is 5.16 Å². The zero-order valence-electron chi connectivity index (χ0n) is 11.5. The van der Waals surface area contributed by atoms with Gasteiger partial charge < -0.3 is 9.67 Å². The van der Waals surface area contributed by atoms with E-state index in [9.17, 15) is 4.79 Å². The van der Waals surface area contributed by atoms with Crippen LogP contribution in [0.4, 0.5) is 0 Å². The lowest BCUT2D eigenvalue weighted by atomic mass is 10.2. The van der Waals surface area contributed by atoms with Crippen LogP contribution in [0.3, 0.4) is 0 Å². The SMILES string of the molecule is Cc1nn(C)c2c1nc(SCC(=O)O)n2CC(C)C. The molecule has 0 radical (unpaired) electrons. The maximum Gasteiger partial charge on any atom is 0.313 e. The van der Waals surface area contributed by atoms with Crippen molar-refractivity contribution in [3.63, 3.8) is 0 Å². The van der Waals surface area contributed by atoms with Gasteiger partial charge in [-0.1, -0.05) is 25.6 Å². The average molecular weight is 282 g/mol. The van der Waals surface area contributed by atoms with Gasteiger partial charge in [0.2, 0.25) is 0 Å². The lowest BCUT2D eigenvalue weighted by Gasteiger charge is -2.11. The third-order valence-electron chi connectivity index (χ3n) is 2.73. The van der Waals surface area contributed by atoms with Gasteiger partial charge in [0.15, 0.2) is 10.8 Å². The molecule has 0 aliphatic rings. The van der Waals surface area contributed by atoms with Gasteiger partial charge in [0.05, 0.1) is 11.4 Å². The van der Waals surface area contributed by atoms with Crippen molar-refractivity contribution in [1.82, 2.24) is 19.3 Å². The maximum absolute atomic E-state index is 10.7. The molecule has 0 spiro atoms. The van der Waals surface area contributed by atoms with Crippen LogP contribution in [0.1, 0.15) is 19.5 Å². The van der Waals surface area contributed by atoms with E-state index < -0.39 is 5.97 Å². The highest BCUT2D eigenvalue weighted by molar-refractivity contribution is 7.99. The molecule has 0 amide bonds. The smallest absolute Gasteiger partial charge is 0.313 e. The molecule has 0 aliphatic heterocycles. The number of nitrogens with zero attached hydrogens (tertiary/aromatic N) is 4. The molecule has 0 fully saturated rings. The van der Waals surface area contributed by atoms with Crippen LogP contribution in [0.25, 0.3) is 11.2 Å². The molecule has 2 heterocycles. The summed E-state index contributed by atoms with van der Waals surface area (Å²) in [7, 11) is 1.89. The molecule has 0 aromatic carbocycles. The number of aliphatic carboxylic acids is 1. The van der Waals surface area contributed by atoms with Gasteiger partial charge in [0.25, 0.3) is 0 Å². The van der Waals surface area contributed by atoms with Gasteiger partial charge in [0.1, 0.15) is 5.52 Å². The van der Waals surface area contributed by atoms with Gasteiger partial charge >= 0.3 is 5.97 Å². The van der Waals surface area contributed by atoms with Crippen LogP contribution in [0.5, 0.6) is 0 Å². The van der Waals surface area contributed by atoms with E-state index in [1.54, 1.807) is 0 Å². The minimum atomic E-state index is -0.831. The minimum Gasteiger partial charge on any atom is -0.481 e. The van der Waals surface area contributed by atoms with Crippen LogP contribution in [-0.4, -0.2) is 36.2 Å². The van der Waals surface area contributed by atoms with Crippen molar-refractivity contribution in [2.24, 2.45) is 13.0 Å². The summed E-state index contributed by atoms with van der Waals surface area (Å²) in [6.07, 6.45) is 0. The van der Waals surface area contributed by atoms with Gasteiger partial charge in [-0.05, 0) is 12.8 Å². The third kappa shape index (κ3) is 2.75. The monoisotopic (exact) mass is 282 g/mol. The molecular weight excluding hydrogens is 264 g/mol. The Kier molecular flexibility index (Phi) is 3.84. The number of hydrogen-bond acceptors (Lipinski definition) is 4. The Bertz CT molecular complexity index is 615. The molecule has 1 N–H and O–H groups in total. The van der Waals surface area contributed by atoms with E-state index in [0.717, 1.165) is 28.6 Å². The van der Waals surface area contributed by atoms with Gasteiger partial charge in [-0.3, -0.25) is 9.48 Å². The molecule has 0 unspecified atom stereocenters. The number of carbonyl (C=O) groups is 1. The minimum absolute atomic E-state index is 0.0217. The zero-order valence-corrected chi connectivity index (χ0v) is 12.4. The Morgan fingerprint density at radius 3 is 2.74 bits per heavy atom. The van der Waals surface area contributed by atoms with Crippen LogP contribution in [0.2, 0.25) is 0 Å². The van der Waals surface area contributed by atoms with E-state index in [1.807, 2.05) is 18.7 Å². The van der Waals surface area contributed by atoms with E-state index in [2.05, 4.69) is 28.5 Å². The van der Waals surface area contributed by atoms with E-state index in [-0.39, 0.29) is 5.75 Å². The van der Waals surface area contributed by atoms with Crippen molar-refractivity contribution < 1.29 is 9.90 Å². The predicted molar refractivity (Wildman–Crippen MR) is 74.4 cm³/mol. The fraction of sp³-hybridized carbons (Fsp3) is 0.583. The van der Waals surface area contributed by atoms with Crippen LogP contribution in [-0.2, 0) is 18.4 Å². The number of hydrogen-bond donors (Lipinski definition) is 1. The third-order valence-corrected chi connectivity index (χ3v) is 3.69. The van der Waals surface area contributed by atoms with Crippen molar-refractivity contribution in [3.8, 4) is 0 Å². The summed E-state index contributed by atoms with van der Waals surface area (Å²) in [5.74, 6) is -0.353. The van der Waals surface area contributed by atoms with E-state index in [0.29, 0.717) is 5.92 Å². The largest absolute Gasteiger partial charge is 0.481 e. The standard InChI is InChI=1S/C12H18N4O2S/c1-7(2)5-16-11-10(8(3)14-15(11)4)13-12(16)19-6-9(17)18/h7H,5-6H2,1-4H3,(H,17,18). The number of aromatic nitrogens is 4. The Labute approximate surface area is 115 Å². The fourth-order valence-corrected chi connectivity index (χ4v) is 2.81. The highest BCUT2D eigenvalue weighted by Gasteiger charge is 2.18. The topological polar surface area (TPSA) is 72.9 Å². The second-order valence-corrected chi connectivity index (χ2v) is 5.90. The molecular formula is C12H18N4O2S. The summed E-state index contributed by atoms with van der Waals surface area (Å²) in [4.78, 5) is 15.3. The number of thioether (sulfide) groups is 1. The molecule has 0 saturated carbocycles. The number of imidazole rings is 1. The Hall–Kier alpha value is -1.50. The molecule has 2 rings (SSSR count). The summed E-state index contributed by atoms with van der Waals surface area (Å²) in [6, 6.07) is 0. The Morgan fingerprint density at radius 1 is 1.47 bits per heavy atom. The molecule has 0 atom stereocenters. The zero-order chi connectivity index (χ0) is 14.2. The van der Waals surface area contributed by atoms with Crippen molar-refractivity contribution >= 4 is 28.9 Å². The van der Waals surface area contributed by atoms with Gasteiger partial charge in [-0.25, -0.2) is 4.98 Å². The van der Waals surface area contributed by atoms with Crippen molar-refractivity contribution in [2.45, 2.75) is 32.5 Å². The average Bonchev–Trinajstić information content (AvgIpc) is 2.76. The fourth-order valence-electron chi connectivity index (χ4n) is 2.08. The summed E-state index contributed by atoms with van der Waals surface area (Å²) in [6.45, 7) is 6.97. The van der Waals surface area contributed by atoms with Gasteiger partial charge in [-0.15, -0.1) is 0 Å². The first-order valence-corrected chi connectivity index (χ1v) is 7.13. The number of fused-ring (bicyclic) bond motifs is 1. The highest BCUT2D eigenvalue weighted by Crippen LogP contribution is 2.26. The number of carboxylic acids is 1. The molecule has 0 aliphatic carbocycles. The van der Waals surface area contributed by atoms with Crippen LogP contribution < -0.4 is 0 Å². The molecule has 104 valence electrons. The molecule has 2 aromatic heterocycles. The van der Waals surface area contributed by atoms with E-state index in [1.165, 1.54) is 11.8 Å². The first-order chi connectivity index (χ1) is 8.90. The molecule has 19 heavy (non-hydrogen) atoms. The van der Waals surface area contributed by atoms with Crippen molar-refractivity contribution in [1.29, 1.82) is 0 Å². The molecule has 6 nitrogen and oxygen atoms in total. The second kappa shape index (κ2) is 5.24. The number of rotatable bonds is 5. The summed E-state index contributed by atoms with van der Waals surface area (Å²) in [5, 5.41) is 13.9. The Morgan fingerprint density at radius 2 is 2.16 bits per heavy atom. The number of carboxylic acid groups (broad SMARTS) is 1. The lowest BCUT2D eigenvalue weighted by molar-refractivity contribution is -0.133. The summed E-state index contributed by atoms with van der Waals surface area (Å²) in [5.41, 5.74) is 2.69. The normalized spacial score (nSPS) is 11.6. The summed E-state index contributed by atoms with van der Waals surface area (Å²) >= 11 is 1.26. The molecule has 2 aromatic rings. The van der Waals surface area contributed by atoms with Crippen molar-refractivity contribution in [2.75, 3.05) is 5.75 Å². The van der Waals surface area contributed by atoms with Gasteiger partial charge in [0, 0.05) is 13.6 Å². The van der Waals surface area contributed by atoms with E-state index >= 15 is 0 Å². The van der Waals surface area contributed by atoms with Crippen LogP contribution in [0, 0.1) is 12.8 Å². The Balaban J connectivity index is 2.49. The van der Waals surface area contributed by atoms with Gasteiger partial charge in [-0.2, -0.15) is 5.10 Å². The van der Waals surface area contributed by atoms with Crippen molar-refractivity contribution in [3.05, 3.63) is 5.69 Å². The highest BCUT2D eigenvalue weighted by atomic mass is 32.2. The molecule has 0 saturated heterocycles. The van der Waals surface area contributed by atoms with Crippen LogP contribution >= 0.6 is 11.8 Å². The second-order valence-electron chi connectivity index (χ2n) is 4.96. The number of aryl methyl sites for hydroxylation is 2. The van der Waals surface area contributed by atoms with E-state index in [4.69, 9.17) is 5.11 Å². The quantitative estimate of drug-likeness (QED) is 0.848. The maximum atomic E-state index is 10.7. The first kappa shape index (κ1) is 13.9. The summed E-state index contributed by atoms with van der Waals surface area (Å²) < 4.78 is 3.87.